The molecular formula is C12H16O3. The summed E-state index contributed by atoms with van der Waals surface area (Å²) in [4.78, 5) is 11.3. The minimum Gasteiger partial charge on any atom is -0.431 e. The number of carbonyl (C=O) groups excluding carboxylic acids is 1. The Morgan fingerprint density at radius 2 is 1.80 bits per heavy atom. The van der Waals surface area contributed by atoms with Gasteiger partial charge in [0, 0.05) is 0 Å². The van der Waals surface area contributed by atoms with Crippen molar-refractivity contribution in [2.45, 2.75) is 32.8 Å². The Hall–Kier alpha value is -1.51. The Labute approximate surface area is 90.0 Å². The number of benzene rings is 1. The van der Waals surface area contributed by atoms with Crippen molar-refractivity contribution in [2.24, 2.45) is 0 Å². The van der Waals surface area contributed by atoms with Crippen LogP contribution in [0, 0.1) is 0 Å². The molecule has 0 heterocycles. The molecule has 1 rings (SSSR count). The lowest BCUT2D eigenvalue weighted by Crippen LogP contribution is -2.19. The van der Waals surface area contributed by atoms with Crippen molar-refractivity contribution in [2.75, 3.05) is 0 Å². The van der Waals surface area contributed by atoms with E-state index in [-0.39, 0.29) is 6.10 Å². The SMILES string of the molecule is CCC(CC)OC(=O)Oc1ccccc1. The first kappa shape index (κ1) is 11.6. The fourth-order valence-electron chi connectivity index (χ4n) is 1.20. The maximum atomic E-state index is 11.3. The molecule has 1 aromatic rings. The van der Waals surface area contributed by atoms with Gasteiger partial charge in [0.2, 0.25) is 0 Å². The Bertz CT molecular complexity index is 291. The first-order chi connectivity index (χ1) is 7.26. The highest BCUT2D eigenvalue weighted by atomic mass is 16.7. The van der Waals surface area contributed by atoms with Crippen molar-refractivity contribution in [3.63, 3.8) is 0 Å². The third-order valence-corrected chi connectivity index (χ3v) is 2.12. The highest BCUT2D eigenvalue weighted by Gasteiger charge is 2.11. The summed E-state index contributed by atoms with van der Waals surface area (Å²) in [5, 5.41) is 0. The van der Waals surface area contributed by atoms with E-state index in [9.17, 15) is 4.79 Å². The third kappa shape index (κ3) is 4.02. The molecule has 3 nitrogen and oxygen atoms in total. The number of hydrogen-bond acceptors (Lipinski definition) is 3. The molecule has 0 saturated carbocycles. The van der Waals surface area contributed by atoms with Crippen LogP contribution in [0.2, 0.25) is 0 Å². The van der Waals surface area contributed by atoms with E-state index < -0.39 is 6.16 Å². The third-order valence-electron chi connectivity index (χ3n) is 2.12. The molecule has 0 unspecified atom stereocenters. The number of hydrogen-bond donors (Lipinski definition) is 0. The van der Waals surface area contributed by atoms with Gasteiger partial charge in [-0.05, 0) is 25.0 Å². The zero-order valence-corrected chi connectivity index (χ0v) is 9.10. The van der Waals surface area contributed by atoms with Gasteiger partial charge >= 0.3 is 6.16 Å². The molecule has 0 spiro atoms. The van der Waals surface area contributed by atoms with Gasteiger partial charge in [0.15, 0.2) is 0 Å². The van der Waals surface area contributed by atoms with Gasteiger partial charge in [0.25, 0.3) is 0 Å². The Morgan fingerprint density at radius 3 is 2.33 bits per heavy atom. The van der Waals surface area contributed by atoms with Crippen molar-refractivity contribution < 1.29 is 14.3 Å². The molecule has 0 amide bonds. The quantitative estimate of drug-likeness (QED) is 0.562. The van der Waals surface area contributed by atoms with Crippen LogP contribution in [0.1, 0.15) is 26.7 Å². The summed E-state index contributed by atoms with van der Waals surface area (Å²) >= 11 is 0. The Morgan fingerprint density at radius 1 is 1.20 bits per heavy atom. The molecule has 1 aromatic carbocycles. The lowest BCUT2D eigenvalue weighted by molar-refractivity contribution is 0.0550. The molecule has 0 atom stereocenters. The molecular weight excluding hydrogens is 192 g/mol. The normalized spacial score (nSPS) is 10.1. The van der Waals surface area contributed by atoms with Crippen molar-refractivity contribution in [3.05, 3.63) is 30.3 Å². The van der Waals surface area contributed by atoms with Crippen molar-refractivity contribution in [1.29, 1.82) is 0 Å². The fraction of sp³-hybridized carbons (Fsp3) is 0.417. The number of ether oxygens (including phenoxy) is 2. The van der Waals surface area contributed by atoms with Crippen LogP contribution in [-0.4, -0.2) is 12.3 Å². The lowest BCUT2D eigenvalue weighted by atomic mass is 10.2. The van der Waals surface area contributed by atoms with Crippen LogP contribution < -0.4 is 4.74 Å². The molecule has 0 N–H and O–H groups in total. The number of rotatable bonds is 4. The van der Waals surface area contributed by atoms with E-state index in [0.29, 0.717) is 5.75 Å². The monoisotopic (exact) mass is 208 g/mol. The first-order valence-corrected chi connectivity index (χ1v) is 5.19. The summed E-state index contributed by atoms with van der Waals surface area (Å²) < 4.78 is 10.1. The van der Waals surface area contributed by atoms with E-state index in [1.54, 1.807) is 24.3 Å². The van der Waals surface area contributed by atoms with Crippen molar-refractivity contribution in [1.82, 2.24) is 0 Å². The van der Waals surface area contributed by atoms with E-state index in [0.717, 1.165) is 12.8 Å². The predicted molar refractivity (Wildman–Crippen MR) is 57.9 cm³/mol. The molecule has 15 heavy (non-hydrogen) atoms. The molecule has 0 radical (unpaired) electrons. The van der Waals surface area contributed by atoms with Crippen LogP contribution in [-0.2, 0) is 4.74 Å². The first-order valence-electron chi connectivity index (χ1n) is 5.19. The van der Waals surface area contributed by atoms with Crippen LogP contribution in [0.25, 0.3) is 0 Å². The van der Waals surface area contributed by atoms with E-state index in [4.69, 9.17) is 9.47 Å². The highest BCUT2D eigenvalue weighted by molar-refractivity contribution is 5.63. The second-order valence-electron chi connectivity index (χ2n) is 3.22. The molecule has 0 saturated heterocycles. The zero-order chi connectivity index (χ0) is 11.1. The molecule has 0 bridgehead atoms. The average molecular weight is 208 g/mol. The molecule has 3 heteroatoms. The standard InChI is InChI=1S/C12H16O3/c1-3-10(4-2)14-12(13)15-11-8-6-5-7-9-11/h5-10H,3-4H2,1-2H3. The van der Waals surface area contributed by atoms with E-state index in [1.165, 1.54) is 0 Å². The summed E-state index contributed by atoms with van der Waals surface area (Å²) in [5.41, 5.74) is 0. The van der Waals surface area contributed by atoms with Gasteiger partial charge < -0.3 is 9.47 Å². The smallest absolute Gasteiger partial charge is 0.431 e. The van der Waals surface area contributed by atoms with Gasteiger partial charge in [0.05, 0.1) is 0 Å². The van der Waals surface area contributed by atoms with Crippen molar-refractivity contribution >= 4 is 6.16 Å². The van der Waals surface area contributed by atoms with Crippen LogP contribution in [0.3, 0.4) is 0 Å². The van der Waals surface area contributed by atoms with Gasteiger partial charge in [-0.2, -0.15) is 0 Å². The van der Waals surface area contributed by atoms with Gasteiger partial charge in [-0.1, -0.05) is 32.0 Å². The predicted octanol–water partition coefficient (Wildman–Crippen LogP) is 3.39. The minimum absolute atomic E-state index is 0.0544. The van der Waals surface area contributed by atoms with Gasteiger partial charge in [-0.15, -0.1) is 0 Å². The fourth-order valence-corrected chi connectivity index (χ4v) is 1.20. The van der Waals surface area contributed by atoms with E-state index >= 15 is 0 Å². The summed E-state index contributed by atoms with van der Waals surface area (Å²) in [6.07, 6.45) is 0.928. The minimum atomic E-state index is -0.630. The Kier molecular flexibility index (Phi) is 4.68. The van der Waals surface area contributed by atoms with Crippen LogP contribution in [0.5, 0.6) is 5.75 Å². The van der Waals surface area contributed by atoms with Crippen molar-refractivity contribution in [3.8, 4) is 5.75 Å². The Balaban J connectivity index is 2.43. The topological polar surface area (TPSA) is 35.5 Å². The van der Waals surface area contributed by atoms with Crippen LogP contribution >= 0.6 is 0 Å². The van der Waals surface area contributed by atoms with Crippen LogP contribution in [0.15, 0.2) is 30.3 Å². The second kappa shape index (κ2) is 6.06. The molecule has 0 aliphatic rings. The summed E-state index contributed by atoms with van der Waals surface area (Å²) in [6, 6.07) is 8.90. The maximum Gasteiger partial charge on any atom is 0.514 e. The lowest BCUT2D eigenvalue weighted by Gasteiger charge is -2.13. The van der Waals surface area contributed by atoms with Gasteiger partial charge in [0.1, 0.15) is 11.9 Å². The molecule has 0 fully saturated rings. The molecule has 0 aromatic heterocycles. The van der Waals surface area contributed by atoms with Crippen LogP contribution in [0.4, 0.5) is 4.79 Å². The summed E-state index contributed by atoms with van der Waals surface area (Å²) in [6.45, 7) is 3.95. The second-order valence-corrected chi connectivity index (χ2v) is 3.22. The highest BCUT2D eigenvalue weighted by Crippen LogP contribution is 2.11. The summed E-state index contributed by atoms with van der Waals surface area (Å²) in [5.74, 6) is 0.508. The maximum absolute atomic E-state index is 11.3. The average Bonchev–Trinajstić information content (AvgIpc) is 2.27. The molecule has 82 valence electrons. The summed E-state index contributed by atoms with van der Waals surface area (Å²) in [7, 11) is 0. The molecule has 0 aliphatic carbocycles. The van der Waals surface area contributed by atoms with E-state index in [2.05, 4.69) is 0 Å². The van der Waals surface area contributed by atoms with E-state index in [1.807, 2.05) is 19.9 Å². The van der Waals surface area contributed by atoms with Gasteiger partial charge in [-0.3, -0.25) is 0 Å². The zero-order valence-electron chi connectivity index (χ0n) is 9.10. The molecule has 0 aliphatic heterocycles. The number of para-hydroxylation sites is 1. The largest absolute Gasteiger partial charge is 0.514 e. The number of carbonyl (C=O) groups is 1. The van der Waals surface area contributed by atoms with Gasteiger partial charge in [-0.25, -0.2) is 4.79 Å².